The van der Waals surface area contributed by atoms with E-state index < -0.39 is 11.7 Å². The number of halogens is 4. The maximum absolute atomic E-state index is 13.1. The van der Waals surface area contributed by atoms with Crippen molar-refractivity contribution in [2.45, 2.75) is 6.18 Å². The van der Waals surface area contributed by atoms with Gasteiger partial charge in [-0.05, 0) is 12.1 Å². The molecule has 3 heterocycles. The number of fused-ring (bicyclic) bond motifs is 3. The zero-order valence-electron chi connectivity index (χ0n) is 12.3. The van der Waals surface area contributed by atoms with Crippen molar-refractivity contribution in [3.63, 3.8) is 0 Å². The number of anilines is 1. The summed E-state index contributed by atoms with van der Waals surface area (Å²) in [5, 5.41) is 10.8. The lowest BCUT2D eigenvalue weighted by Crippen LogP contribution is -2.44. The number of piperazine rings is 1. The standard InChI is InChI=1S/C14H12ClF3N6/c15-9-6-11-10(5-8(9)14(16,17)18)21-12(13-22-20-7-24(11)13)23-3-1-19-2-4-23/h5-7,19H,1-4H2. The molecule has 6 nitrogen and oxygen atoms in total. The Morgan fingerprint density at radius 3 is 2.62 bits per heavy atom. The largest absolute Gasteiger partial charge is 0.417 e. The van der Waals surface area contributed by atoms with Gasteiger partial charge in [-0.1, -0.05) is 11.6 Å². The molecule has 3 aromatic rings. The number of nitrogens with zero attached hydrogens (tertiary/aromatic N) is 5. The van der Waals surface area contributed by atoms with E-state index in [4.69, 9.17) is 11.6 Å². The van der Waals surface area contributed by atoms with Crippen LogP contribution in [0.2, 0.25) is 5.02 Å². The van der Waals surface area contributed by atoms with Crippen LogP contribution in [0.1, 0.15) is 5.56 Å². The van der Waals surface area contributed by atoms with Crippen LogP contribution in [0, 0.1) is 0 Å². The van der Waals surface area contributed by atoms with Gasteiger partial charge >= 0.3 is 6.18 Å². The minimum Gasteiger partial charge on any atom is -0.351 e. The van der Waals surface area contributed by atoms with Crippen molar-refractivity contribution in [1.29, 1.82) is 0 Å². The second-order valence-corrected chi connectivity index (χ2v) is 5.92. The fraction of sp³-hybridized carbons (Fsp3) is 0.357. The first-order valence-corrected chi connectivity index (χ1v) is 7.69. The van der Waals surface area contributed by atoms with E-state index in [1.165, 1.54) is 12.4 Å². The van der Waals surface area contributed by atoms with Crippen LogP contribution in [0.4, 0.5) is 19.0 Å². The normalized spacial score (nSPS) is 16.2. The fourth-order valence-corrected chi connectivity index (χ4v) is 3.13. The molecule has 1 saturated heterocycles. The minimum atomic E-state index is -4.54. The summed E-state index contributed by atoms with van der Waals surface area (Å²) in [7, 11) is 0. The van der Waals surface area contributed by atoms with Crippen molar-refractivity contribution >= 4 is 34.1 Å². The Morgan fingerprint density at radius 1 is 1.17 bits per heavy atom. The van der Waals surface area contributed by atoms with E-state index in [1.54, 1.807) is 4.40 Å². The molecular formula is C14H12ClF3N6. The van der Waals surface area contributed by atoms with Gasteiger partial charge in [-0.3, -0.25) is 4.40 Å². The molecule has 1 aliphatic rings. The highest BCUT2D eigenvalue weighted by atomic mass is 35.5. The summed E-state index contributed by atoms with van der Waals surface area (Å²) in [5.74, 6) is 0.525. The van der Waals surface area contributed by atoms with Crippen LogP contribution in [0.5, 0.6) is 0 Å². The zero-order valence-corrected chi connectivity index (χ0v) is 13.1. The summed E-state index contributed by atoms with van der Waals surface area (Å²) < 4.78 is 41.0. The van der Waals surface area contributed by atoms with Gasteiger partial charge in [0.25, 0.3) is 0 Å². The van der Waals surface area contributed by atoms with E-state index in [2.05, 4.69) is 20.5 Å². The predicted molar refractivity (Wildman–Crippen MR) is 83.4 cm³/mol. The highest BCUT2D eigenvalue weighted by Crippen LogP contribution is 2.37. The number of nitrogens with one attached hydrogen (secondary N) is 1. The van der Waals surface area contributed by atoms with Crippen molar-refractivity contribution in [2.75, 3.05) is 31.1 Å². The molecule has 4 rings (SSSR count). The SMILES string of the molecule is FC(F)(F)c1cc2nc(N3CCNCC3)c3nncn3c2cc1Cl. The fourth-order valence-electron chi connectivity index (χ4n) is 2.87. The predicted octanol–water partition coefficient (Wildman–Crippen LogP) is 2.36. The van der Waals surface area contributed by atoms with Crippen LogP contribution in [-0.2, 0) is 6.18 Å². The second-order valence-electron chi connectivity index (χ2n) is 5.52. The Morgan fingerprint density at radius 2 is 1.92 bits per heavy atom. The molecule has 0 aliphatic carbocycles. The maximum atomic E-state index is 13.1. The Labute approximate surface area is 139 Å². The molecule has 1 fully saturated rings. The van der Waals surface area contributed by atoms with Gasteiger partial charge in [-0.15, -0.1) is 10.2 Å². The van der Waals surface area contributed by atoms with Crippen LogP contribution >= 0.6 is 11.6 Å². The number of hydrogen-bond donors (Lipinski definition) is 1. The third-order valence-electron chi connectivity index (χ3n) is 4.02. The minimum absolute atomic E-state index is 0.201. The van der Waals surface area contributed by atoms with Crippen molar-refractivity contribution in [2.24, 2.45) is 0 Å². The van der Waals surface area contributed by atoms with Gasteiger partial charge < -0.3 is 10.2 Å². The Bertz CT molecular complexity index is 916. The van der Waals surface area contributed by atoms with E-state index in [-0.39, 0.29) is 10.5 Å². The lowest BCUT2D eigenvalue weighted by Gasteiger charge is -2.28. The first kappa shape index (κ1) is 15.4. The molecule has 24 heavy (non-hydrogen) atoms. The van der Waals surface area contributed by atoms with Gasteiger partial charge in [0.2, 0.25) is 5.65 Å². The summed E-state index contributed by atoms with van der Waals surface area (Å²) in [6.07, 6.45) is -3.08. The lowest BCUT2D eigenvalue weighted by atomic mass is 10.2. The summed E-state index contributed by atoms with van der Waals surface area (Å²) in [5.41, 5.74) is 0.238. The summed E-state index contributed by atoms with van der Waals surface area (Å²) in [6.45, 7) is 2.93. The van der Waals surface area contributed by atoms with Crippen molar-refractivity contribution in [1.82, 2.24) is 24.9 Å². The van der Waals surface area contributed by atoms with Gasteiger partial charge in [0.1, 0.15) is 6.33 Å². The first-order valence-electron chi connectivity index (χ1n) is 7.31. The third-order valence-corrected chi connectivity index (χ3v) is 4.33. The highest BCUT2D eigenvalue weighted by Gasteiger charge is 2.34. The van der Waals surface area contributed by atoms with Crippen LogP contribution in [0.25, 0.3) is 16.7 Å². The van der Waals surface area contributed by atoms with Gasteiger partial charge in [0.15, 0.2) is 5.82 Å². The molecule has 1 aliphatic heterocycles. The van der Waals surface area contributed by atoms with E-state index in [9.17, 15) is 13.2 Å². The van der Waals surface area contributed by atoms with Crippen LogP contribution in [0.3, 0.4) is 0 Å². The summed E-state index contributed by atoms with van der Waals surface area (Å²) >= 11 is 5.82. The lowest BCUT2D eigenvalue weighted by molar-refractivity contribution is -0.137. The van der Waals surface area contributed by atoms with Gasteiger partial charge in [-0.25, -0.2) is 4.98 Å². The Kier molecular flexibility index (Phi) is 3.50. The molecule has 126 valence electrons. The average Bonchev–Trinajstić information content (AvgIpc) is 3.03. The zero-order chi connectivity index (χ0) is 16.9. The Balaban J connectivity index is 1.99. The Hall–Kier alpha value is -2.13. The van der Waals surface area contributed by atoms with E-state index in [0.29, 0.717) is 30.1 Å². The molecule has 1 N–H and O–H groups in total. The molecule has 10 heteroatoms. The highest BCUT2D eigenvalue weighted by molar-refractivity contribution is 6.32. The van der Waals surface area contributed by atoms with E-state index in [0.717, 1.165) is 19.2 Å². The van der Waals surface area contributed by atoms with Gasteiger partial charge in [0.05, 0.1) is 21.6 Å². The molecule has 0 bridgehead atoms. The molecule has 0 saturated carbocycles. The quantitative estimate of drug-likeness (QED) is 0.725. The monoisotopic (exact) mass is 356 g/mol. The van der Waals surface area contributed by atoms with E-state index in [1.807, 2.05) is 4.90 Å². The van der Waals surface area contributed by atoms with Crippen LogP contribution in [-0.4, -0.2) is 45.8 Å². The molecule has 1 aromatic carbocycles. The van der Waals surface area contributed by atoms with Gasteiger partial charge in [0, 0.05) is 26.2 Å². The number of aromatic nitrogens is 4. The van der Waals surface area contributed by atoms with Crippen LogP contribution < -0.4 is 10.2 Å². The molecule has 0 atom stereocenters. The molecule has 0 amide bonds. The molecule has 2 aromatic heterocycles. The molecule has 0 spiro atoms. The molecular weight excluding hydrogens is 345 g/mol. The maximum Gasteiger partial charge on any atom is 0.417 e. The van der Waals surface area contributed by atoms with Crippen molar-refractivity contribution in [3.05, 3.63) is 29.0 Å². The van der Waals surface area contributed by atoms with Crippen molar-refractivity contribution in [3.8, 4) is 0 Å². The number of rotatable bonds is 1. The van der Waals surface area contributed by atoms with E-state index >= 15 is 0 Å². The summed E-state index contributed by atoms with van der Waals surface area (Å²) in [4.78, 5) is 6.42. The van der Waals surface area contributed by atoms with Crippen molar-refractivity contribution < 1.29 is 13.2 Å². The third kappa shape index (κ3) is 2.44. The molecule has 0 unspecified atom stereocenters. The smallest absolute Gasteiger partial charge is 0.351 e. The second kappa shape index (κ2) is 5.45. The summed E-state index contributed by atoms with van der Waals surface area (Å²) in [6, 6.07) is 2.23. The number of benzene rings is 1. The van der Waals surface area contributed by atoms with Crippen LogP contribution in [0.15, 0.2) is 18.5 Å². The number of hydrogen-bond acceptors (Lipinski definition) is 5. The topological polar surface area (TPSA) is 58.4 Å². The first-order chi connectivity index (χ1) is 11.4. The van der Waals surface area contributed by atoms with Gasteiger partial charge in [-0.2, -0.15) is 13.2 Å². The number of alkyl halides is 3. The molecule has 0 radical (unpaired) electrons. The average molecular weight is 357 g/mol.